The van der Waals surface area contributed by atoms with Gasteiger partial charge < -0.3 is 20.7 Å². The number of hydrogen-bond donors (Lipinski definition) is 2. The van der Waals surface area contributed by atoms with E-state index in [1.807, 2.05) is 32.3 Å². The van der Waals surface area contributed by atoms with E-state index in [-0.39, 0.29) is 0 Å². The summed E-state index contributed by atoms with van der Waals surface area (Å²) in [6.45, 7) is 1.90. The topological polar surface area (TPSA) is 50.5 Å². The molecule has 0 spiro atoms. The maximum absolute atomic E-state index is 5.72. The van der Waals surface area contributed by atoms with Crippen LogP contribution in [0.5, 0.6) is 5.75 Å². The van der Waals surface area contributed by atoms with Gasteiger partial charge in [0.25, 0.3) is 0 Å². The van der Waals surface area contributed by atoms with Crippen LogP contribution >= 0.6 is 0 Å². The molecule has 0 amide bonds. The van der Waals surface area contributed by atoms with Crippen LogP contribution in [0.15, 0.2) is 18.2 Å². The fourth-order valence-electron chi connectivity index (χ4n) is 1.24. The molecule has 0 bridgehead atoms. The van der Waals surface area contributed by atoms with Gasteiger partial charge in [-0.25, -0.2) is 0 Å². The highest BCUT2D eigenvalue weighted by Crippen LogP contribution is 2.24. The van der Waals surface area contributed by atoms with E-state index in [2.05, 4.69) is 10.2 Å². The van der Waals surface area contributed by atoms with E-state index >= 15 is 0 Å². The third kappa shape index (κ3) is 3.67. The van der Waals surface area contributed by atoms with E-state index in [0.717, 1.165) is 18.8 Å². The zero-order valence-electron chi connectivity index (χ0n) is 9.58. The molecule has 0 unspecified atom stereocenters. The van der Waals surface area contributed by atoms with Crippen LogP contribution in [0.2, 0.25) is 0 Å². The maximum atomic E-state index is 5.72. The number of benzene rings is 1. The monoisotopic (exact) mass is 209 g/mol. The summed E-state index contributed by atoms with van der Waals surface area (Å²) in [4.78, 5) is 2.13. The molecule has 4 heteroatoms. The van der Waals surface area contributed by atoms with Gasteiger partial charge in [-0.2, -0.15) is 0 Å². The molecule has 0 atom stereocenters. The van der Waals surface area contributed by atoms with Gasteiger partial charge in [0.1, 0.15) is 5.75 Å². The molecule has 0 aliphatic heterocycles. The smallest absolute Gasteiger partial charge is 0.143 e. The Morgan fingerprint density at radius 3 is 2.73 bits per heavy atom. The first-order chi connectivity index (χ1) is 7.13. The fourth-order valence-corrected chi connectivity index (χ4v) is 1.24. The molecule has 0 aromatic heterocycles. The molecule has 1 rings (SSSR count). The summed E-state index contributed by atoms with van der Waals surface area (Å²) >= 11 is 0. The molecule has 0 aliphatic rings. The quantitative estimate of drug-likeness (QED) is 0.717. The van der Waals surface area contributed by atoms with Gasteiger partial charge in [-0.15, -0.1) is 0 Å². The molecule has 0 saturated carbocycles. The Hall–Kier alpha value is -1.42. The minimum absolute atomic E-state index is 0.663. The summed E-state index contributed by atoms with van der Waals surface area (Å²) in [5.41, 5.74) is 7.41. The number of nitrogens with one attached hydrogen (secondary N) is 1. The van der Waals surface area contributed by atoms with Crippen LogP contribution in [-0.2, 0) is 0 Å². The van der Waals surface area contributed by atoms with Gasteiger partial charge in [0, 0.05) is 24.8 Å². The summed E-state index contributed by atoms with van der Waals surface area (Å²) in [7, 11) is 5.71. The average molecular weight is 209 g/mol. The number of nitrogen functional groups attached to an aromatic ring is 1. The van der Waals surface area contributed by atoms with Crippen molar-refractivity contribution < 1.29 is 4.74 Å². The highest BCUT2D eigenvalue weighted by molar-refractivity contribution is 5.61. The Balaban J connectivity index is 2.54. The van der Waals surface area contributed by atoms with Crippen molar-refractivity contribution in [2.24, 2.45) is 0 Å². The third-order valence-electron chi connectivity index (χ3n) is 2.12. The number of nitrogens with two attached hydrogens (primary N) is 1. The zero-order chi connectivity index (χ0) is 11.3. The first kappa shape index (κ1) is 11.7. The van der Waals surface area contributed by atoms with E-state index in [1.54, 1.807) is 7.11 Å². The van der Waals surface area contributed by atoms with E-state index in [4.69, 9.17) is 10.5 Å². The first-order valence-corrected chi connectivity index (χ1v) is 4.95. The number of hydrogen-bond acceptors (Lipinski definition) is 4. The molecule has 0 saturated heterocycles. The molecule has 84 valence electrons. The van der Waals surface area contributed by atoms with Crippen LogP contribution < -0.4 is 15.8 Å². The van der Waals surface area contributed by atoms with Crippen molar-refractivity contribution in [3.8, 4) is 5.75 Å². The maximum Gasteiger partial charge on any atom is 0.143 e. The van der Waals surface area contributed by atoms with Gasteiger partial charge in [0.2, 0.25) is 0 Å². The lowest BCUT2D eigenvalue weighted by Gasteiger charge is -2.12. The Labute approximate surface area is 91.0 Å². The molecule has 0 heterocycles. The van der Waals surface area contributed by atoms with Crippen molar-refractivity contribution in [3.63, 3.8) is 0 Å². The average Bonchev–Trinajstić information content (AvgIpc) is 2.20. The predicted molar refractivity (Wildman–Crippen MR) is 64.5 cm³/mol. The molecule has 15 heavy (non-hydrogen) atoms. The molecule has 0 fully saturated rings. The lowest BCUT2D eigenvalue weighted by Crippen LogP contribution is -2.20. The molecule has 4 nitrogen and oxygen atoms in total. The molecule has 0 radical (unpaired) electrons. The highest BCUT2D eigenvalue weighted by atomic mass is 16.5. The first-order valence-electron chi connectivity index (χ1n) is 4.95. The number of nitrogens with zero attached hydrogens (tertiary/aromatic N) is 1. The van der Waals surface area contributed by atoms with Gasteiger partial charge in [-0.1, -0.05) is 0 Å². The van der Waals surface area contributed by atoms with Crippen molar-refractivity contribution in [2.45, 2.75) is 0 Å². The van der Waals surface area contributed by atoms with E-state index in [9.17, 15) is 0 Å². The van der Waals surface area contributed by atoms with E-state index in [0.29, 0.717) is 11.4 Å². The Bertz CT molecular complexity index is 313. The summed E-state index contributed by atoms with van der Waals surface area (Å²) in [6, 6.07) is 5.70. The third-order valence-corrected chi connectivity index (χ3v) is 2.12. The highest BCUT2D eigenvalue weighted by Gasteiger charge is 2.00. The van der Waals surface area contributed by atoms with Crippen LogP contribution in [0.4, 0.5) is 11.4 Å². The van der Waals surface area contributed by atoms with Crippen LogP contribution in [0.25, 0.3) is 0 Å². The number of ether oxygens (including phenoxy) is 1. The van der Waals surface area contributed by atoms with Crippen molar-refractivity contribution in [2.75, 3.05) is 45.3 Å². The second kappa shape index (κ2) is 5.46. The molecule has 3 N–H and O–H groups in total. The number of likely N-dealkylation sites (N-methyl/N-ethyl adjacent to an activating group) is 1. The number of anilines is 2. The molecule has 1 aromatic rings. The summed E-state index contributed by atoms with van der Waals surface area (Å²) in [5.74, 6) is 0.713. The Morgan fingerprint density at radius 2 is 2.13 bits per heavy atom. The Kier molecular flexibility index (Phi) is 4.24. The minimum Gasteiger partial charge on any atom is -0.495 e. The van der Waals surface area contributed by atoms with Gasteiger partial charge >= 0.3 is 0 Å². The molecule has 1 aromatic carbocycles. The summed E-state index contributed by atoms with van der Waals surface area (Å²) in [5, 5.41) is 3.30. The van der Waals surface area contributed by atoms with Crippen LogP contribution in [0.1, 0.15) is 0 Å². The SMILES string of the molecule is COc1cc(NCCN(C)C)ccc1N. The number of methoxy groups -OCH3 is 1. The van der Waals surface area contributed by atoms with Crippen molar-refractivity contribution >= 4 is 11.4 Å². The minimum atomic E-state index is 0.663. The summed E-state index contributed by atoms with van der Waals surface area (Å²) < 4.78 is 5.14. The van der Waals surface area contributed by atoms with Gasteiger partial charge in [-0.3, -0.25) is 0 Å². The molecular formula is C11H19N3O. The largest absolute Gasteiger partial charge is 0.495 e. The second-order valence-corrected chi connectivity index (χ2v) is 3.69. The van der Waals surface area contributed by atoms with Crippen LogP contribution in [0, 0.1) is 0 Å². The Morgan fingerprint density at radius 1 is 1.40 bits per heavy atom. The van der Waals surface area contributed by atoms with Crippen LogP contribution in [-0.4, -0.2) is 39.2 Å². The predicted octanol–water partition coefficient (Wildman–Crippen LogP) is 1.25. The van der Waals surface area contributed by atoms with Gasteiger partial charge in [0.15, 0.2) is 0 Å². The van der Waals surface area contributed by atoms with Crippen LogP contribution in [0.3, 0.4) is 0 Å². The fraction of sp³-hybridized carbons (Fsp3) is 0.455. The zero-order valence-corrected chi connectivity index (χ0v) is 9.58. The second-order valence-electron chi connectivity index (χ2n) is 3.69. The van der Waals surface area contributed by atoms with Crippen molar-refractivity contribution in [3.05, 3.63) is 18.2 Å². The van der Waals surface area contributed by atoms with E-state index in [1.165, 1.54) is 0 Å². The standard InChI is InChI=1S/C11H19N3O/c1-14(2)7-6-13-9-4-5-10(12)11(8-9)15-3/h4-5,8,13H,6-7,12H2,1-3H3. The lowest BCUT2D eigenvalue weighted by molar-refractivity contribution is 0.416. The summed E-state index contributed by atoms with van der Waals surface area (Å²) in [6.07, 6.45) is 0. The molecule has 0 aliphatic carbocycles. The lowest BCUT2D eigenvalue weighted by atomic mass is 10.2. The van der Waals surface area contributed by atoms with Gasteiger partial charge in [0.05, 0.1) is 12.8 Å². The van der Waals surface area contributed by atoms with Crippen molar-refractivity contribution in [1.29, 1.82) is 0 Å². The number of rotatable bonds is 5. The van der Waals surface area contributed by atoms with Gasteiger partial charge in [-0.05, 0) is 26.2 Å². The molecular weight excluding hydrogens is 190 g/mol. The van der Waals surface area contributed by atoms with E-state index < -0.39 is 0 Å². The van der Waals surface area contributed by atoms with Crippen molar-refractivity contribution in [1.82, 2.24) is 4.90 Å². The normalized spacial score (nSPS) is 10.4.